The van der Waals surface area contributed by atoms with Gasteiger partial charge in [0.15, 0.2) is 5.11 Å². The molecule has 26 heavy (non-hydrogen) atoms. The van der Waals surface area contributed by atoms with Gasteiger partial charge in [-0.1, -0.05) is 11.6 Å². The predicted octanol–water partition coefficient (Wildman–Crippen LogP) is 2.51. The lowest BCUT2D eigenvalue weighted by Crippen LogP contribution is -2.50. The Balaban J connectivity index is 1.56. The van der Waals surface area contributed by atoms with Crippen LogP contribution in [0.2, 0.25) is 5.02 Å². The minimum absolute atomic E-state index is 0.0746. The number of rotatable bonds is 3. The number of nitrogens with two attached hydrogens (primary N) is 1. The maximum absolute atomic E-state index is 11.3. The summed E-state index contributed by atoms with van der Waals surface area (Å²) < 4.78 is 22.6. The molecule has 1 saturated heterocycles. The van der Waals surface area contributed by atoms with E-state index in [1.54, 1.807) is 12.1 Å². The van der Waals surface area contributed by atoms with Crippen LogP contribution in [0.15, 0.2) is 53.4 Å². The third kappa shape index (κ3) is 4.64. The van der Waals surface area contributed by atoms with Crippen LogP contribution < -0.4 is 15.4 Å². The summed E-state index contributed by atoms with van der Waals surface area (Å²) in [4.78, 5) is 4.46. The van der Waals surface area contributed by atoms with E-state index in [4.69, 9.17) is 29.0 Å². The number of primary sulfonamides is 1. The topological polar surface area (TPSA) is 78.7 Å². The Bertz CT molecular complexity index is 878. The Labute approximate surface area is 163 Å². The highest BCUT2D eigenvalue weighted by atomic mass is 35.5. The average molecular weight is 411 g/mol. The number of thiocarbonyl (C=S) groups is 1. The lowest BCUT2D eigenvalue weighted by Gasteiger charge is -2.37. The van der Waals surface area contributed by atoms with Crippen LogP contribution in [0.5, 0.6) is 0 Å². The summed E-state index contributed by atoms with van der Waals surface area (Å²) in [6.45, 7) is 3.30. The van der Waals surface area contributed by atoms with Gasteiger partial charge in [0.2, 0.25) is 10.0 Å². The third-order valence-electron chi connectivity index (χ3n) is 4.19. The smallest absolute Gasteiger partial charge is 0.238 e. The Morgan fingerprint density at radius 2 is 1.58 bits per heavy atom. The van der Waals surface area contributed by atoms with Crippen LogP contribution in [0.1, 0.15) is 0 Å². The average Bonchev–Trinajstić information content (AvgIpc) is 2.62. The van der Waals surface area contributed by atoms with Crippen molar-refractivity contribution in [2.24, 2.45) is 5.14 Å². The number of hydrogen-bond donors (Lipinski definition) is 2. The van der Waals surface area contributed by atoms with Gasteiger partial charge in [-0.15, -0.1) is 0 Å². The maximum atomic E-state index is 11.3. The number of benzene rings is 2. The lowest BCUT2D eigenvalue weighted by molar-refractivity contribution is 0.391. The van der Waals surface area contributed by atoms with Gasteiger partial charge in [-0.2, -0.15) is 0 Å². The Morgan fingerprint density at radius 3 is 2.12 bits per heavy atom. The number of halogens is 1. The molecule has 1 heterocycles. The van der Waals surface area contributed by atoms with Gasteiger partial charge in [0, 0.05) is 42.6 Å². The number of sulfonamides is 1. The van der Waals surface area contributed by atoms with Crippen molar-refractivity contribution in [1.29, 1.82) is 0 Å². The first-order valence-electron chi connectivity index (χ1n) is 8.02. The van der Waals surface area contributed by atoms with Crippen molar-refractivity contribution in [2.75, 3.05) is 36.4 Å². The van der Waals surface area contributed by atoms with Gasteiger partial charge in [-0.25, -0.2) is 13.6 Å². The standard InChI is InChI=1S/C17H19ClN4O2S2/c18-13-1-5-15(6-2-13)21-9-11-22(12-10-21)17(25)20-14-3-7-16(8-4-14)26(19,23)24/h1-8H,9-12H2,(H,20,25)(H2,19,23,24). The van der Waals surface area contributed by atoms with Crippen LogP contribution in [-0.2, 0) is 10.0 Å². The normalized spacial score (nSPS) is 15.0. The van der Waals surface area contributed by atoms with Crippen LogP contribution in [0.3, 0.4) is 0 Å². The first-order chi connectivity index (χ1) is 12.3. The van der Waals surface area contributed by atoms with Gasteiger partial charge in [0.25, 0.3) is 0 Å². The summed E-state index contributed by atoms with van der Waals surface area (Å²) in [5.41, 5.74) is 1.87. The zero-order chi connectivity index (χ0) is 18.7. The maximum Gasteiger partial charge on any atom is 0.238 e. The molecule has 6 nitrogen and oxygen atoms in total. The second-order valence-corrected chi connectivity index (χ2v) is 8.33. The van der Waals surface area contributed by atoms with Crippen LogP contribution in [-0.4, -0.2) is 44.6 Å². The van der Waals surface area contributed by atoms with Crippen molar-refractivity contribution in [1.82, 2.24) is 4.90 Å². The van der Waals surface area contributed by atoms with E-state index >= 15 is 0 Å². The number of nitrogens with one attached hydrogen (secondary N) is 1. The number of nitrogens with zero attached hydrogens (tertiary/aromatic N) is 2. The lowest BCUT2D eigenvalue weighted by atomic mass is 10.2. The number of piperazine rings is 1. The number of anilines is 2. The second-order valence-electron chi connectivity index (χ2n) is 5.95. The van der Waals surface area contributed by atoms with E-state index < -0.39 is 10.0 Å². The molecule has 2 aromatic carbocycles. The van der Waals surface area contributed by atoms with Crippen LogP contribution in [0, 0.1) is 0 Å². The molecular formula is C17H19ClN4O2S2. The van der Waals surface area contributed by atoms with Crippen molar-refractivity contribution >= 4 is 50.3 Å². The fourth-order valence-electron chi connectivity index (χ4n) is 2.75. The first kappa shape index (κ1) is 18.9. The van der Waals surface area contributed by atoms with E-state index in [1.807, 2.05) is 24.3 Å². The highest BCUT2D eigenvalue weighted by Crippen LogP contribution is 2.20. The molecule has 0 amide bonds. The highest BCUT2D eigenvalue weighted by molar-refractivity contribution is 7.89. The van der Waals surface area contributed by atoms with Crippen LogP contribution >= 0.6 is 23.8 Å². The summed E-state index contributed by atoms with van der Waals surface area (Å²) in [7, 11) is -3.69. The van der Waals surface area contributed by atoms with E-state index in [1.165, 1.54) is 12.1 Å². The first-order valence-corrected chi connectivity index (χ1v) is 10.4. The minimum atomic E-state index is -3.69. The molecule has 0 aliphatic carbocycles. The van der Waals surface area contributed by atoms with E-state index in [9.17, 15) is 8.42 Å². The third-order valence-corrected chi connectivity index (χ3v) is 5.73. The molecule has 0 radical (unpaired) electrons. The molecule has 0 atom stereocenters. The Kier molecular flexibility index (Phi) is 5.67. The van der Waals surface area contributed by atoms with Gasteiger partial charge in [-0.05, 0) is 60.7 Å². The van der Waals surface area contributed by atoms with Gasteiger partial charge in [0.1, 0.15) is 0 Å². The second kappa shape index (κ2) is 7.79. The van der Waals surface area contributed by atoms with Crippen molar-refractivity contribution in [3.63, 3.8) is 0 Å². The summed E-state index contributed by atoms with van der Waals surface area (Å²) in [5.74, 6) is 0. The summed E-state index contributed by atoms with van der Waals surface area (Å²) in [6, 6.07) is 14.0. The fourth-order valence-corrected chi connectivity index (χ4v) is 3.69. The molecule has 0 spiro atoms. The van der Waals surface area contributed by atoms with E-state index in [0.29, 0.717) is 5.11 Å². The SMILES string of the molecule is NS(=O)(=O)c1ccc(NC(=S)N2CCN(c3ccc(Cl)cc3)CC2)cc1. The fraction of sp³-hybridized carbons (Fsp3) is 0.235. The molecular weight excluding hydrogens is 392 g/mol. The molecule has 138 valence electrons. The zero-order valence-corrected chi connectivity index (χ0v) is 16.3. The summed E-state index contributed by atoms with van der Waals surface area (Å²) in [5, 5.41) is 9.58. The van der Waals surface area contributed by atoms with Crippen molar-refractivity contribution in [3.8, 4) is 0 Å². The van der Waals surface area contributed by atoms with Gasteiger partial charge in [0.05, 0.1) is 4.90 Å². The van der Waals surface area contributed by atoms with Crippen LogP contribution in [0.25, 0.3) is 0 Å². The molecule has 0 unspecified atom stereocenters. The molecule has 0 bridgehead atoms. The molecule has 1 aliphatic heterocycles. The van der Waals surface area contributed by atoms with Crippen molar-refractivity contribution in [2.45, 2.75) is 4.90 Å². The van der Waals surface area contributed by atoms with Gasteiger partial charge >= 0.3 is 0 Å². The largest absolute Gasteiger partial charge is 0.368 e. The molecule has 1 aliphatic rings. The summed E-state index contributed by atoms with van der Waals surface area (Å²) in [6.07, 6.45) is 0. The molecule has 2 aromatic rings. The monoisotopic (exact) mass is 410 g/mol. The quantitative estimate of drug-likeness (QED) is 0.757. The summed E-state index contributed by atoms with van der Waals surface area (Å²) >= 11 is 11.4. The van der Waals surface area contributed by atoms with E-state index in [2.05, 4.69) is 15.1 Å². The van der Waals surface area contributed by atoms with Crippen LogP contribution in [0.4, 0.5) is 11.4 Å². The predicted molar refractivity (Wildman–Crippen MR) is 109 cm³/mol. The molecule has 3 N–H and O–H groups in total. The van der Waals surface area contributed by atoms with E-state index in [0.717, 1.165) is 42.6 Å². The van der Waals surface area contributed by atoms with Gasteiger partial charge < -0.3 is 15.1 Å². The molecule has 1 fully saturated rings. The zero-order valence-electron chi connectivity index (χ0n) is 13.9. The highest BCUT2D eigenvalue weighted by Gasteiger charge is 2.19. The molecule has 9 heteroatoms. The minimum Gasteiger partial charge on any atom is -0.368 e. The molecule has 0 saturated carbocycles. The molecule has 3 rings (SSSR count). The Morgan fingerprint density at radius 1 is 1.00 bits per heavy atom. The van der Waals surface area contributed by atoms with Crippen molar-refractivity contribution < 1.29 is 8.42 Å². The van der Waals surface area contributed by atoms with E-state index in [-0.39, 0.29) is 4.90 Å². The number of hydrogen-bond acceptors (Lipinski definition) is 4. The van der Waals surface area contributed by atoms with Crippen molar-refractivity contribution in [3.05, 3.63) is 53.6 Å². The molecule has 0 aromatic heterocycles. The Hall–Kier alpha value is -1.87. The van der Waals surface area contributed by atoms with Gasteiger partial charge in [-0.3, -0.25) is 0 Å².